The maximum Gasteiger partial charge on any atom is 0.151 e. The highest BCUT2D eigenvalue weighted by molar-refractivity contribution is 9.10. The van der Waals surface area contributed by atoms with E-state index < -0.39 is 11.6 Å². The first kappa shape index (κ1) is 11.3. The van der Waals surface area contributed by atoms with Gasteiger partial charge in [0.2, 0.25) is 0 Å². The molecule has 0 saturated heterocycles. The van der Waals surface area contributed by atoms with E-state index in [1.807, 2.05) is 0 Å². The summed E-state index contributed by atoms with van der Waals surface area (Å²) in [5.41, 5.74) is 5.17. The first-order valence-electron chi connectivity index (χ1n) is 4.56. The van der Waals surface area contributed by atoms with E-state index in [4.69, 9.17) is 10.2 Å². The van der Waals surface area contributed by atoms with Crippen molar-refractivity contribution in [1.29, 1.82) is 0 Å². The number of furan rings is 1. The summed E-state index contributed by atoms with van der Waals surface area (Å²) in [6.07, 6.45) is 0. The Morgan fingerprint density at radius 1 is 1.19 bits per heavy atom. The van der Waals surface area contributed by atoms with Gasteiger partial charge in [0.05, 0.1) is 16.6 Å². The van der Waals surface area contributed by atoms with Crippen molar-refractivity contribution in [3.63, 3.8) is 0 Å². The largest absolute Gasteiger partial charge is 0.460 e. The molecule has 2 N–H and O–H groups in total. The minimum Gasteiger partial charge on any atom is -0.460 e. The SMILES string of the molecule is NCc1ccc(-c2c(F)ccc(Br)c2F)o1. The van der Waals surface area contributed by atoms with Gasteiger partial charge in [-0.2, -0.15) is 0 Å². The summed E-state index contributed by atoms with van der Waals surface area (Å²) in [7, 11) is 0. The molecule has 0 spiro atoms. The Bertz CT molecular complexity index is 525. The number of rotatable bonds is 2. The van der Waals surface area contributed by atoms with Crippen LogP contribution in [0.1, 0.15) is 5.76 Å². The predicted molar refractivity (Wildman–Crippen MR) is 59.7 cm³/mol. The van der Waals surface area contributed by atoms with Crippen LogP contribution in [0.15, 0.2) is 33.2 Å². The molecular weight excluding hydrogens is 280 g/mol. The van der Waals surface area contributed by atoms with Gasteiger partial charge < -0.3 is 10.2 Å². The smallest absolute Gasteiger partial charge is 0.151 e. The highest BCUT2D eigenvalue weighted by Crippen LogP contribution is 2.31. The van der Waals surface area contributed by atoms with Crippen molar-refractivity contribution in [2.24, 2.45) is 5.73 Å². The quantitative estimate of drug-likeness (QED) is 0.860. The van der Waals surface area contributed by atoms with Crippen LogP contribution < -0.4 is 5.73 Å². The molecule has 0 aliphatic rings. The topological polar surface area (TPSA) is 39.2 Å². The van der Waals surface area contributed by atoms with E-state index in [1.165, 1.54) is 18.2 Å². The zero-order valence-corrected chi connectivity index (χ0v) is 9.72. The number of hydrogen-bond donors (Lipinski definition) is 1. The molecule has 0 bridgehead atoms. The molecule has 2 nitrogen and oxygen atoms in total. The summed E-state index contributed by atoms with van der Waals surface area (Å²) < 4.78 is 32.6. The summed E-state index contributed by atoms with van der Waals surface area (Å²) >= 11 is 2.99. The molecule has 0 aliphatic carbocycles. The fraction of sp³-hybridized carbons (Fsp3) is 0.0909. The van der Waals surface area contributed by atoms with E-state index >= 15 is 0 Å². The van der Waals surface area contributed by atoms with Gasteiger partial charge in [0, 0.05) is 0 Å². The Morgan fingerprint density at radius 2 is 1.94 bits per heavy atom. The Hall–Kier alpha value is -1.20. The minimum absolute atomic E-state index is 0.136. The van der Waals surface area contributed by atoms with Gasteiger partial charge in [-0.05, 0) is 40.2 Å². The van der Waals surface area contributed by atoms with E-state index in [1.54, 1.807) is 6.07 Å². The van der Waals surface area contributed by atoms with Crippen LogP contribution in [-0.4, -0.2) is 0 Å². The van der Waals surface area contributed by atoms with Crippen LogP contribution >= 0.6 is 15.9 Å². The standard InChI is InChI=1S/C11H8BrF2NO/c12-7-2-3-8(13)10(11(7)14)9-4-1-6(5-15)16-9/h1-4H,5,15H2. The van der Waals surface area contributed by atoms with Crippen molar-refractivity contribution >= 4 is 15.9 Å². The summed E-state index contributed by atoms with van der Waals surface area (Å²) in [4.78, 5) is 0. The zero-order valence-electron chi connectivity index (χ0n) is 8.14. The Morgan fingerprint density at radius 3 is 2.56 bits per heavy atom. The van der Waals surface area contributed by atoms with Gasteiger partial charge in [-0.15, -0.1) is 0 Å². The van der Waals surface area contributed by atoms with E-state index in [9.17, 15) is 8.78 Å². The van der Waals surface area contributed by atoms with Crippen LogP contribution in [0.25, 0.3) is 11.3 Å². The second-order valence-electron chi connectivity index (χ2n) is 3.19. The van der Waals surface area contributed by atoms with Crippen molar-refractivity contribution < 1.29 is 13.2 Å². The average Bonchev–Trinajstić information content (AvgIpc) is 2.73. The third-order valence-electron chi connectivity index (χ3n) is 2.15. The molecule has 0 amide bonds. The number of hydrogen-bond acceptors (Lipinski definition) is 2. The molecule has 1 heterocycles. The van der Waals surface area contributed by atoms with Crippen molar-refractivity contribution in [2.75, 3.05) is 0 Å². The lowest BCUT2D eigenvalue weighted by atomic mass is 10.1. The molecule has 0 unspecified atom stereocenters. The monoisotopic (exact) mass is 287 g/mol. The number of benzene rings is 1. The maximum absolute atomic E-state index is 13.7. The second kappa shape index (κ2) is 4.35. The molecule has 0 aliphatic heterocycles. The van der Waals surface area contributed by atoms with Crippen LogP contribution in [0.5, 0.6) is 0 Å². The zero-order chi connectivity index (χ0) is 11.7. The van der Waals surface area contributed by atoms with Gasteiger partial charge in [-0.1, -0.05) is 0 Å². The van der Waals surface area contributed by atoms with Crippen molar-refractivity contribution in [2.45, 2.75) is 6.54 Å². The summed E-state index contributed by atoms with van der Waals surface area (Å²) in [5, 5.41) is 0. The molecule has 1 aromatic heterocycles. The van der Waals surface area contributed by atoms with Gasteiger partial charge in [-0.3, -0.25) is 0 Å². The van der Waals surface area contributed by atoms with Crippen LogP contribution in [0.3, 0.4) is 0 Å². The second-order valence-corrected chi connectivity index (χ2v) is 4.04. The van der Waals surface area contributed by atoms with Crippen molar-refractivity contribution in [1.82, 2.24) is 0 Å². The number of nitrogens with two attached hydrogens (primary N) is 1. The first-order valence-corrected chi connectivity index (χ1v) is 5.35. The average molecular weight is 288 g/mol. The van der Waals surface area contributed by atoms with Crippen LogP contribution in [0.2, 0.25) is 0 Å². The lowest BCUT2D eigenvalue weighted by molar-refractivity contribution is 0.510. The van der Waals surface area contributed by atoms with Gasteiger partial charge in [0.25, 0.3) is 0 Å². The van der Waals surface area contributed by atoms with Gasteiger partial charge in [0.15, 0.2) is 5.82 Å². The summed E-state index contributed by atoms with van der Waals surface area (Å²) in [6.45, 7) is 0.192. The Kier molecular flexibility index (Phi) is 3.07. The van der Waals surface area contributed by atoms with Crippen molar-refractivity contribution in [3.05, 3.63) is 46.1 Å². The predicted octanol–water partition coefficient (Wildman–Crippen LogP) is 3.45. The Balaban J connectivity index is 2.58. The summed E-state index contributed by atoms with van der Waals surface area (Å²) in [6, 6.07) is 5.57. The van der Waals surface area contributed by atoms with Crippen molar-refractivity contribution in [3.8, 4) is 11.3 Å². The molecule has 2 aromatic rings. The normalized spacial score (nSPS) is 10.8. The molecule has 0 radical (unpaired) electrons. The molecule has 0 atom stereocenters. The lowest BCUT2D eigenvalue weighted by Crippen LogP contribution is -1.93. The van der Waals surface area contributed by atoms with Crippen LogP contribution in [0, 0.1) is 11.6 Å². The molecule has 1 aromatic carbocycles. The molecule has 16 heavy (non-hydrogen) atoms. The van der Waals surface area contributed by atoms with E-state index in [0.717, 1.165) is 0 Å². The lowest BCUT2D eigenvalue weighted by Gasteiger charge is -2.03. The fourth-order valence-corrected chi connectivity index (χ4v) is 1.71. The highest BCUT2D eigenvalue weighted by Gasteiger charge is 2.17. The van der Waals surface area contributed by atoms with E-state index in [0.29, 0.717) is 5.76 Å². The molecule has 84 valence electrons. The molecule has 2 rings (SSSR count). The third kappa shape index (κ3) is 1.88. The molecular formula is C11H8BrF2NO. The minimum atomic E-state index is -0.682. The fourth-order valence-electron chi connectivity index (χ4n) is 1.37. The molecule has 0 fully saturated rings. The number of halogens is 3. The molecule has 5 heteroatoms. The summed E-state index contributed by atoms with van der Waals surface area (Å²) in [5.74, 6) is -0.734. The third-order valence-corrected chi connectivity index (χ3v) is 2.77. The maximum atomic E-state index is 13.7. The first-order chi connectivity index (χ1) is 7.63. The molecule has 0 saturated carbocycles. The van der Waals surface area contributed by atoms with Gasteiger partial charge in [0.1, 0.15) is 17.3 Å². The van der Waals surface area contributed by atoms with Crippen LogP contribution in [0.4, 0.5) is 8.78 Å². The van der Waals surface area contributed by atoms with E-state index in [2.05, 4.69) is 15.9 Å². The van der Waals surface area contributed by atoms with Gasteiger partial charge >= 0.3 is 0 Å². The van der Waals surface area contributed by atoms with Gasteiger partial charge in [-0.25, -0.2) is 8.78 Å². The Labute approximate surface area is 99.2 Å². The van der Waals surface area contributed by atoms with E-state index in [-0.39, 0.29) is 22.3 Å². The highest BCUT2D eigenvalue weighted by atomic mass is 79.9. The van der Waals surface area contributed by atoms with Crippen LogP contribution in [-0.2, 0) is 6.54 Å².